The predicted molar refractivity (Wildman–Crippen MR) is 81.6 cm³/mol. The summed E-state index contributed by atoms with van der Waals surface area (Å²) in [5, 5.41) is 1.16. The number of hydrogen-bond donors (Lipinski definition) is 2. The minimum Gasteiger partial charge on any atom is -0.271 e. The number of rotatable bonds is 4. The molecule has 0 heterocycles. The van der Waals surface area contributed by atoms with E-state index in [1.165, 1.54) is 6.07 Å². The lowest BCUT2D eigenvalue weighted by atomic mass is 9.99. The van der Waals surface area contributed by atoms with Gasteiger partial charge in [-0.3, -0.25) is 11.3 Å². The molecule has 2 nitrogen and oxygen atoms in total. The SMILES string of the molecule is NNC(Cc1ccc(F)c(Cl)c1)c1ccc(Cl)cc1Cl. The highest BCUT2D eigenvalue weighted by atomic mass is 35.5. The minimum atomic E-state index is -0.447. The van der Waals surface area contributed by atoms with Crippen molar-refractivity contribution in [2.75, 3.05) is 0 Å². The number of nitrogens with two attached hydrogens (primary N) is 1. The number of benzene rings is 2. The maximum Gasteiger partial charge on any atom is 0.141 e. The van der Waals surface area contributed by atoms with Gasteiger partial charge in [0.05, 0.1) is 11.1 Å². The molecule has 106 valence electrons. The Labute approximate surface area is 131 Å². The molecule has 0 aliphatic heterocycles. The number of nitrogens with one attached hydrogen (secondary N) is 1. The van der Waals surface area contributed by atoms with E-state index in [1.807, 2.05) is 0 Å². The fourth-order valence-electron chi connectivity index (χ4n) is 1.95. The Hall–Kier alpha value is -0.840. The van der Waals surface area contributed by atoms with Gasteiger partial charge in [0.15, 0.2) is 0 Å². The summed E-state index contributed by atoms with van der Waals surface area (Å²) >= 11 is 17.8. The van der Waals surface area contributed by atoms with Gasteiger partial charge in [0, 0.05) is 10.0 Å². The maximum absolute atomic E-state index is 13.1. The Morgan fingerprint density at radius 1 is 1.05 bits per heavy atom. The highest BCUT2D eigenvalue weighted by molar-refractivity contribution is 6.35. The molecule has 0 aromatic heterocycles. The lowest BCUT2D eigenvalue weighted by Gasteiger charge is -2.18. The monoisotopic (exact) mass is 332 g/mol. The molecule has 0 saturated heterocycles. The quantitative estimate of drug-likeness (QED) is 0.637. The van der Waals surface area contributed by atoms with Gasteiger partial charge in [-0.1, -0.05) is 46.9 Å². The number of hydrazine groups is 1. The van der Waals surface area contributed by atoms with Crippen LogP contribution in [0.15, 0.2) is 36.4 Å². The zero-order valence-electron chi connectivity index (χ0n) is 10.3. The molecule has 20 heavy (non-hydrogen) atoms. The number of halogens is 4. The lowest BCUT2D eigenvalue weighted by molar-refractivity contribution is 0.551. The van der Waals surface area contributed by atoms with E-state index < -0.39 is 5.82 Å². The summed E-state index contributed by atoms with van der Waals surface area (Å²) in [6, 6.07) is 9.54. The first-order valence-corrected chi connectivity index (χ1v) is 6.99. The molecule has 2 aromatic rings. The van der Waals surface area contributed by atoms with Crippen molar-refractivity contribution in [3.05, 3.63) is 68.4 Å². The first-order chi connectivity index (χ1) is 9.51. The summed E-state index contributed by atoms with van der Waals surface area (Å²) in [5.41, 5.74) is 4.37. The summed E-state index contributed by atoms with van der Waals surface area (Å²) in [7, 11) is 0. The summed E-state index contributed by atoms with van der Waals surface area (Å²) in [5.74, 6) is 5.13. The standard InChI is InChI=1S/C14H12Cl3FN2/c15-9-2-3-10(11(16)7-9)14(20-19)6-8-1-4-13(18)12(17)5-8/h1-5,7,14,20H,6,19H2. The Morgan fingerprint density at radius 2 is 1.80 bits per heavy atom. The second-order valence-corrected chi connectivity index (χ2v) is 5.59. The van der Waals surface area contributed by atoms with Crippen molar-refractivity contribution in [3.8, 4) is 0 Å². The summed E-state index contributed by atoms with van der Waals surface area (Å²) < 4.78 is 13.1. The Kier molecular flexibility index (Phi) is 5.24. The van der Waals surface area contributed by atoms with Crippen LogP contribution >= 0.6 is 34.8 Å². The summed E-state index contributed by atoms with van der Waals surface area (Å²) in [4.78, 5) is 0. The largest absolute Gasteiger partial charge is 0.271 e. The first-order valence-electron chi connectivity index (χ1n) is 5.86. The normalized spacial score (nSPS) is 12.4. The third kappa shape index (κ3) is 3.62. The van der Waals surface area contributed by atoms with Gasteiger partial charge in [-0.25, -0.2) is 4.39 Å². The van der Waals surface area contributed by atoms with Crippen LogP contribution in [0.25, 0.3) is 0 Å². The van der Waals surface area contributed by atoms with Crippen molar-refractivity contribution in [1.29, 1.82) is 0 Å². The molecule has 6 heteroatoms. The van der Waals surface area contributed by atoms with E-state index in [0.717, 1.165) is 11.1 Å². The summed E-state index contributed by atoms with van der Waals surface area (Å²) in [6.45, 7) is 0. The Morgan fingerprint density at radius 3 is 2.40 bits per heavy atom. The van der Waals surface area contributed by atoms with Crippen LogP contribution in [0.4, 0.5) is 4.39 Å². The van der Waals surface area contributed by atoms with Crippen LogP contribution in [0.5, 0.6) is 0 Å². The van der Waals surface area contributed by atoms with E-state index in [-0.39, 0.29) is 11.1 Å². The van der Waals surface area contributed by atoms with Crippen LogP contribution in [0.2, 0.25) is 15.1 Å². The molecule has 0 aliphatic rings. The molecule has 2 aromatic carbocycles. The van der Waals surface area contributed by atoms with Crippen LogP contribution in [0.3, 0.4) is 0 Å². The van der Waals surface area contributed by atoms with Crippen LogP contribution < -0.4 is 11.3 Å². The third-order valence-corrected chi connectivity index (χ3v) is 3.82. The van der Waals surface area contributed by atoms with Gasteiger partial charge in [0.2, 0.25) is 0 Å². The van der Waals surface area contributed by atoms with Gasteiger partial charge in [0.25, 0.3) is 0 Å². The van der Waals surface area contributed by atoms with Crippen molar-refractivity contribution in [1.82, 2.24) is 5.43 Å². The smallest absolute Gasteiger partial charge is 0.141 e. The van der Waals surface area contributed by atoms with Crippen LogP contribution in [0, 0.1) is 5.82 Å². The van der Waals surface area contributed by atoms with Crippen molar-refractivity contribution in [3.63, 3.8) is 0 Å². The van der Waals surface area contributed by atoms with E-state index in [4.69, 9.17) is 40.6 Å². The van der Waals surface area contributed by atoms with Gasteiger partial charge in [-0.05, 0) is 41.8 Å². The molecule has 0 spiro atoms. The summed E-state index contributed by atoms with van der Waals surface area (Å²) in [6.07, 6.45) is 0.526. The van der Waals surface area contributed by atoms with Crippen molar-refractivity contribution < 1.29 is 4.39 Å². The molecule has 2 rings (SSSR count). The molecule has 0 fully saturated rings. The zero-order valence-corrected chi connectivity index (χ0v) is 12.6. The molecule has 3 N–H and O–H groups in total. The van der Waals surface area contributed by atoms with Gasteiger partial charge < -0.3 is 0 Å². The fourth-order valence-corrected chi connectivity index (χ4v) is 2.69. The maximum atomic E-state index is 13.1. The molecular weight excluding hydrogens is 322 g/mol. The Bertz CT molecular complexity index is 619. The molecule has 1 unspecified atom stereocenters. The first kappa shape index (κ1) is 15.5. The third-order valence-electron chi connectivity index (χ3n) is 2.96. The van der Waals surface area contributed by atoms with E-state index >= 15 is 0 Å². The van der Waals surface area contributed by atoms with Gasteiger partial charge in [-0.15, -0.1) is 0 Å². The fraction of sp³-hybridized carbons (Fsp3) is 0.143. The molecule has 0 radical (unpaired) electrons. The van der Waals surface area contributed by atoms with Crippen LogP contribution in [-0.2, 0) is 6.42 Å². The van der Waals surface area contributed by atoms with Crippen molar-refractivity contribution >= 4 is 34.8 Å². The average Bonchev–Trinajstić information content (AvgIpc) is 2.41. The Balaban J connectivity index is 2.26. The molecular formula is C14H12Cl3FN2. The average molecular weight is 334 g/mol. The molecule has 0 amide bonds. The van der Waals surface area contributed by atoms with Crippen molar-refractivity contribution in [2.24, 2.45) is 5.84 Å². The number of hydrogen-bond acceptors (Lipinski definition) is 2. The van der Waals surface area contributed by atoms with Gasteiger partial charge >= 0.3 is 0 Å². The predicted octanol–water partition coefficient (Wildman–Crippen LogP) is 4.53. The second-order valence-electron chi connectivity index (χ2n) is 4.34. The van der Waals surface area contributed by atoms with Crippen LogP contribution in [0.1, 0.15) is 17.2 Å². The molecule has 0 aliphatic carbocycles. The van der Waals surface area contributed by atoms with E-state index in [1.54, 1.807) is 30.3 Å². The van der Waals surface area contributed by atoms with E-state index in [9.17, 15) is 4.39 Å². The van der Waals surface area contributed by atoms with Crippen LogP contribution in [-0.4, -0.2) is 0 Å². The van der Waals surface area contributed by atoms with Gasteiger partial charge in [0.1, 0.15) is 5.82 Å². The molecule has 0 saturated carbocycles. The minimum absolute atomic E-state index is 0.0838. The van der Waals surface area contributed by atoms with E-state index in [2.05, 4.69) is 5.43 Å². The van der Waals surface area contributed by atoms with Crippen molar-refractivity contribution in [2.45, 2.75) is 12.5 Å². The zero-order chi connectivity index (χ0) is 14.7. The molecule has 0 bridgehead atoms. The second kappa shape index (κ2) is 6.74. The van der Waals surface area contributed by atoms with E-state index in [0.29, 0.717) is 16.5 Å². The highest BCUT2D eigenvalue weighted by Gasteiger charge is 2.15. The van der Waals surface area contributed by atoms with Gasteiger partial charge in [-0.2, -0.15) is 0 Å². The molecule has 1 atom stereocenters. The lowest BCUT2D eigenvalue weighted by Crippen LogP contribution is -2.29. The highest BCUT2D eigenvalue weighted by Crippen LogP contribution is 2.28. The topological polar surface area (TPSA) is 38.0 Å².